The Hall–Kier alpha value is -2.06. The normalized spacial score (nSPS) is 10.4. The predicted octanol–water partition coefficient (Wildman–Crippen LogP) is 1.39. The molecule has 0 spiro atoms. The zero-order valence-electron chi connectivity index (χ0n) is 10.2. The first-order chi connectivity index (χ1) is 9.19. The standard InChI is InChI=1S/C11H12N4O3S/c1-18-5-9-14-7(6-19-9)4-13-11-12-3-2-8(15-11)10(16)17/h2-3,6H,4-5H2,1H3,(H,16,17)(H,12,13,15). The van der Waals surface area contributed by atoms with Crippen LogP contribution < -0.4 is 5.32 Å². The second-order valence-corrected chi connectivity index (χ2v) is 4.53. The first-order valence-corrected chi connectivity index (χ1v) is 6.29. The van der Waals surface area contributed by atoms with E-state index in [1.54, 1.807) is 7.11 Å². The molecule has 0 aliphatic carbocycles. The van der Waals surface area contributed by atoms with Gasteiger partial charge in [-0.2, -0.15) is 0 Å². The van der Waals surface area contributed by atoms with Crippen LogP contribution in [0.3, 0.4) is 0 Å². The van der Waals surface area contributed by atoms with Crippen LogP contribution in [-0.2, 0) is 17.9 Å². The van der Waals surface area contributed by atoms with Gasteiger partial charge in [-0.15, -0.1) is 11.3 Å². The smallest absolute Gasteiger partial charge is 0.354 e. The molecule has 0 radical (unpaired) electrons. The molecule has 19 heavy (non-hydrogen) atoms. The molecule has 0 amide bonds. The Morgan fingerprint density at radius 2 is 2.37 bits per heavy atom. The number of thiazole rings is 1. The Bertz CT molecular complexity index is 573. The predicted molar refractivity (Wildman–Crippen MR) is 69.1 cm³/mol. The van der Waals surface area contributed by atoms with Gasteiger partial charge >= 0.3 is 5.97 Å². The van der Waals surface area contributed by atoms with Crippen molar-refractivity contribution in [3.63, 3.8) is 0 Å². The SMILES string of the molecule is COCc1nc(CNc2nccc(C(=O)O)n2)cs1. The molecular formula is C11H12N4O3S. The molecule has 0 aliphatic heterocycles. The number of aromatic nitrogens is 3. The van der Waals surface area contributed by atoms with Crippen molar-refractivity contribution in [2.75, 3.05) is 12.4 Å². The van der Waals surface area contributed by atoms with E-state index in [0.717, 1.165) is 10.7 Å². The zero-order chi connectivity index (χ0) is 13.7. The van der Waals surface area contributed by atoms with Gasteiger partial charge in [0.2, 0.25) is 5.95 Å². The monoisotopic (exact) mass is 280 g/mol. The van der Waals surface area contributed by atoms with E-state index in [1.807, 2.05) is 5.38 Å². The van der Waals surface area contributed by atoms with Crippen molar-refractivity contribution in [3.05, 3.63) is 34.0 Å². The summed E-state index contributed by atoms with van der Waals surface area (Å²) in [7, 11) is 1.62. The third-order valence-electron chi connectivity index (χ3n) is 2.17. The highest BCUT2D eigenvalue weighted by atomic mass is 32.1. The average molecular weight is 280 g/mol. The number of aromatic carboxylic acids is 1. The third kappa shape index (κ3) is 3.70. The fraction of sp³-hybridized carbons (Fsp3) is 0.273. The summed E-state index contributed by atoms with van der Waals surface area (Å²) in [5.74, 6) is -0.817. The van der Waals surface area contributed by atoms with E-state index < -0.39 is 5.97 Å². The number of methoxy groups -OCH3 is 1. The fourth-order valence-corrected chi connectivity index (χ4v) is 2.12. The van der Waals surface area contributed by atoms with E-state index in [-0.39, 0.29) is 11.6 Å². The Morgan fingerprint density at radius 1 is 1.53 bits per heavy atom. The number of hydrogen-bond acceptors (Lipinski definition) is 7. The summed E-state index contributed by atoms with van der Waals surface area (Å²) >= 11 is 1.51. The maximum Gasteiger partial charge on any atom is 0.354 e. The maximum atomic E-state index is 10.8. The van der Waals surface area contributed by atoms with Crippen molar-refractivity contribution in [1.29, 1.82) is 0 Å². The van der Waals surface area contributed by atoms with Crippen LogP contribution in [0.25, 0.3) is 0 Å². The van der Waals surface area contributed by atoms with Crippen LogP contribution in [-0.4, -0.2) is 33.1 Å². The van der Waals surface area contributed by atoms with Crippen molar-refractivity contribution in [1.82, 2.24) is 15.0 Å². The Kier molecular flexibility index (Phi) is 4.37. The number of ether oxygens (including phenoxy) is 1. The lowest BCUT2D eigenvalue weighted by Crippen LogP contribution is -2.07. The second kappa shape index (κ2) is 6.21. The molecule has 0 fully saturated rings. The Morgan fingerprint density at radius 3 is 3.11 bits per heavy atom. The summed E-state index contributed by atoms with van der Waals surface area (Å²) in [6.45, 7) is 0.916. The minimum Gasteiger partial charge on any atom is -0.477 e. The van der Waals surface area contributed by atoms with Crippen molar-refractivity contribution < 1.29 is 14.6 Å². The highest BCUT2D eigenvalue weighted by Gasteiger charge is 2.07. The number of anilines is 1. The van der Waals surface area contributed by atoms with Crippen LogP contribution in [0.5, 0.6) is 0 Å². The molecule has 7 nitrogen and oxygen atoms in total. The molecule has 0 saturated heterocycles. The summed E-state index contributed by atoms with van der Waals surface area (Å²) in [4.78, 5) is 22.9. The van der Waals surface area contributed by atoms with Crippen LogP contribution in [0.15, 0.2) is 17.6 Å². The molecule has 0 aromatic carbocycles. The van der Waals surface area contributed by atoms with Crippen LogP contribution in [0.1, 0.15) is 21.2 Å². The van der Waals surface area contributed by atoms with Gasteiger partial charge in [-0.05, 0) is 6.07 Å². The molecule has 0 bridgehead atoms. The van der Waals surface area contributed by atoms with E-state index in [0.29, 0.717) is 13.2 Å². The lowest BCUT2D eigenvalue weighted by atomic mass is 10.4. The molecular weight excluding hydrogens is 268 g/mol. The number of carboxylic acid groups (broad SMARTS) is 1. The number of carbonyl (C=O) groups is 1. The van der Waals surface area contributed by atoms with Crippen molar-refractivity contribution >= 4 is 23.3 Å². The highest BCUT2D eigenvalue weighted by Crippen LogP contribution is 2.11. The van der Waals surface area contributed by atoms with E-state index >= 15 is 0 Å². The van der Waals surface area contributed by atoms with Crippen molar-refractivity contribution in [3.8, 4) is 0 Å². The summed E-state index contributed by atoms with van der Waals surface area (Å²) in [5, 5.41) is 14.5. The van der Waals surface area contributed by atoms with Gasteiger partial charge in [-0.3, -0.25) is 0 Å². The second-order valence-electron chi connectivity index (χ2n) is 3.59. The van der Waals surface area contributed by atoms with Gasteiger partial charge < -0.3 is 15.2 Å². The van der Waals surface area contributed by atoms with E-state index in [4.69, 9.17) is 9.84 Å². The van der Waals surface area contributed by atoms with E-state index in [2.05, 4.69) is 20.3 Å². The van der Waals surface area contributed by atoms with Crippen LogP contribution in [0.2, 0.25) is 0 Å². The fourth-order valence-electron chi connectivity index (χ4n) is 1.35. The molecule has 2 heterocycles. The molecule has 2 aromatic rings. The number of nitrogens with zero attached hydrogens (tertiary/aromatic N) is 3. The topological polar surface area (TPSA) is 97.2 Å². The van der Waals surface area contributed by atoms with E-state index in [9.17, 15) is 4.79 Å². The van der Waals surface area contributed by atoms with Gasteiger partial charge in [0.05, 0.1) is 18.8 Å². The molecule has 2 rings (SSSR count). The van der Waals surface area contributed by atoms with Crippen LogP contribution in [0.4, 0.5) is 5.95 Å². The van der Waals surface area contributed by atoms with Crippen LogP contribution in [0, 0.1) is 0 Å². The van der Waals surface area contributed by atoms with Gasteiger partial charge in [0.15, 0.2) is 5.69 Å². The van der Waals surface area contributed by atoms with Gasteiger partial charge in [0.1, 0.15) is 5.01 Å². The first-order valence-electron chi connectivity index (χ1n) is 5.41. The molecule has 100 valence electrons. The summed E-state index contributed by atoms with van der Waals surface area (Å²) in [5.41, 5.74) is 0.789. The van der Waals surface area contributed by atoms with E-state index in [1.165, 1.54) is 23.6 Å². The maximum absolute atomic E-state index is 10.8. The molecule has 8 heteroatoms. The van der Waals surface area contributed by atoms with Gasteiger partial charge in [-0.25, -0.2) is 19.7 Å². The highest BCUT2D eigenvalue weighted by molar-refractivity contribution is 7.09. The molecule has 0 saturated carbocycles. The summed E-state index contributed by atoms with van der Waals surface area (Å²) < 4.78 is 4.98. The molecule has 2 aromatic heterocycles. The van der Waals surface area contributed by atoms with Gasteiger partial charge in [-0.1, -0.05) is 0 Å². The largest absolute Gasteiger partial charge is 0.477 e. The summed E-state index contributed by atoms with van der Waals surface area (Å²) in [6.07, 6.45) is 1.40. The summed E-state index contributed by atoms with van der Waals surface area (Å²) in [6, 6.07) is 1.34. The number of hydrogen-bond donors (Lipinski definition) is 2. The minimum atomic E-state index is -1.08. The van der Waals surface area contributed by atoms with Crippen molar-refractivity contribution in [2.24, 2.45) is 0 Å². The number of nitrogens with one attached hydrogen (secondary N) is 1. The number of carboxylic acids is 1. The quantitative estimate of drug-likeness (QED) is 0.825. The first kappa shape index (κ1) is 13.4. The van der Waals surface area contributed by atoms with Gasteiger partial charge in [0, 0.05) is 18.7 Å². The Labute approximate surface area is 113 Å². The molecule has 0 aliphatic rings. The van der Waals surface area contributed by atoms with Gasteiger partial charge in [0.25, 0.3) is 0 Å². The lowest BCUT2D eigenvalue weighted by molar-refractivity contribution is 0.0690. The lowest BCUT2D eigenvalue weighted by Gasteiger charge is -2.02. The average Bonchev–Trinajstić information content (AvgIpc) is 2.85. The zero-order valence-corrected chi connectivity index (χ0v) is 11.0. The molecule has 2 N–H and O–H groups in total. The minimum absolute atomic E-state index is 0.0455. The Balaban J connectivity index is 1.97. The molecule has 0 unspecified atom stereocenters. The van der Waals surface area contributed by atoms with Crippen LogP contribution >= 0.6 is 11.3 Å². The third-order valence-corrected chi connectivity index (χ3v) is 3.04. The van der Waals surface area contributed by atoms with Crippen molar-refractivity contribution in [2.45, 2.75) is 13.2 Å². The number of rotatable bonds is 6. The molecule has 0 atom stereocenters.